The highest BCUT2D eigenvalue weighted by Crippen LogP contribution is 2.09. The van der Waals surface area contributed by atoms with Gasteiger partial charge in [-0.2, -0.15) is 0 Å². The first kappa shape index (κ1) is 13.5. The van der Waals surface area contributed by atoms with Crippen LogP contribution in [0.4, 0.5) is 0 Å². The molecule has 0 aliphatic heterocycles. The van der Waals surface area contributed by atoms with Crippen molar-refractivity contribution < 1.29 is 19.8 Å². The van der Waals surface area contributed by atoms with Crippen molar-refractivity contribution in [2.24, 2.45) is 0 Å². The standard InChI is InChI=1S/C14H12N2O4/c17-11-4-2-10(3-5-11)13(18)16-8-9-1-6-12(14(19)20)15-7-9/h1-7,17H,8H2,(H,16,18)(H,19,20). The Hall–Kier alpha value is -2.89. The number of carboxylic acids is 1. The van der Waals surface area contributed by atoms with Gasteiger partial charge in [-0.15, -0.1) is 0 Å². The first-order chi connectivity index (χ1) is 9.56. The number of phenolic OH excluding ortho intramolecular Hbond substituents is 1. The molecule has 1 amide bonds. The number of phenols is 1. The number of rotatable bonds is 4. The summed E-state index contributed by atoms with van der Waals surface area (Å²) in [4.78, 5) is 26.2. The molecule has 1 aromatic heterocycles. The summed E-state index contributed by atoms with van der Waals surface area (Å²) < 4.78 is 0. The number of nitrogens with one attached hydrogen (secondary N) is 1. The number of carbonyl (C=O) groups is 2. The van der Waals surface area contributed by atoms with Crippen molar-refractivity contribution in [1.29, 1.82) is 0 Å². The number of hydrogen-bond donors (Lipinski definition) is 3. The SMILES string of the molecule is O=C(NCc1ccc(C(=O)O)nc1)c1ccc(O)cc1. The van der Waals surface area contributed by atoms with Crippen LogP contribution >= 0.6 is 0 Å². The Morgan fingerprint density at radius 1 is 1.10 bits per heavy atom. The van der Waals surface area contributed by atoms with Gasteiger partial charge in [-0.25, -0.2) is 9.78 Å². The highest BCUT2D eigenvalue weighted by molar-refractivity contribution is 5.94. The number of carbonyl (C=O) groups excluding carboxylic acids is 1. The molecule has 20 heavy (non-hydrogen) atoms. The highest BCUT2D eigenvalue weighted by atomic mass is 16.4. The van der Waals surface area contributed by atoms with E-state index in [2.05, 4.69) is 10.3 Å². The van der Waals surface area contributed by atoms with E-state index in [-0.39, 0.29) is 23.9 Å². The van der Waals surface area contributed by atoms with Crippen LogP contribution in [0, 0.1) is 0 Å². The molecule has 1 heterocycles. The molecule has 0 bridgehead atoms. The van der Waals surface area contributed by atoms with Crippen molar-refractivity contribution in [3.63, 3.8) is 0 Å². The molecular weight excluding hydrogens is 260 g/mol. The highest BCUT2D eigenvalue weighted by Gasteiger charge is 2.06. The molecule has 102 valence electrons. The van der Waals surface area contributed by atoms with E-state index in [1.165, 1.54) is 36.5 Å². The minimum absolute atomic E-state index is 0.0430. The first-order valence-corrected chi connectivity index (χ1v) is 5.82. The summed E-state index contributed by atoms with van der Waals surface area (Å²) in [6.45, 7) is 0.243. The van der Waals surface area contributed by atoms with Crippen molar-refractivity contribution in [3.05, 3.63) is 59.4 Å². The second kappa shape index (κ2) is 5.83. The van der Waals surface area contributed by atoms with E-state index in [9.17, 15) is 9.59 Å². The van der Waals surface area contributed by atoms with Crippen molar-refractivity contribution in [2.75, 3.05) is 0 Å². The molecule has 3 N–H and O–H groups in total. The number of aromatic carboxylic acids is 1. The summed E-state index contributed by atoms with van der Waals surface area (Å²) in [6.07, 6.45) is 1.40. The quantitative estimate of drug-likeness (QED) is 0.781. The molecule has 2 rings (SSSR count). The van der Waals surface area contributed by atoms with Crippen molar-refractivity contribution >= 4 is 11.9 Å². The van der Waals surface area contributed by atoms with Crippen LogP contribution in [0.15, 0.2) is 42.6 Å². The summed E-state index contributed by atoms with van der Waals surface area (Å²) in [5, 5.41) is 20.5. The average molecular weight is 272 g/mol. The maximum absolute atomic E-state index is 11.8. The van der Waals surface area contributed by atoms with E-state index < -0.39 is 5.97 Å². The summed E-state index contributed by atoms with van der Waals surface area (Å²) >= 11 is 0. The minimum atomic E-state index is -1.09. The second-order valence-corrected chi connectivity index (χ2v) is 4.09. The number of amides is 1. The fourth-order valence-electron chi connectivity index (χ4n) is 1.55. The molecule has 0 saturated heterocycles. The van der Waals surface area contributed by atoms with Gasteiger partial charge >= 0.3 is 5.97 Å². The van der Waals surface area contributed by atoms with Gasteiger partial charge in [-0.3, -0.25) is 4.79 Å². The summed E-state index contributed by atoms with van der Waals surface area (Å²) in [5.74, 6) is -1.29. The van der Waals surface area contributed by atoms with Crippen LogP contribution in [0.3, 0.4) is 0 Å². The third-order valence-corrected chi connectivity index (χ3v) is 2.63. The normalized spacial score (nSPS) is 10.0. The maximum Gasteiger partial charge on any atom is 0.354 e. The van der Waals surface area contributed by atoms with Gasteiger partial charge in [-0.05, 0) is 35.9 Å². The Labute approximate surface area is 114 Å². The molecule has 6 nitrogen and oxygen atoms in total. The van der Waals surface area contributed by atoms with E-state index in [0.29, 0.717) is 11.1 Å². The number of nitrogens with zero attached hydrogens (tertiary/aromatic N) is 1. The number of aromatic hydroxyl groups is 1. The van der Waals surface area contributed by atoms with Crippen LogP contribution in [0.2, 0.25) is 0 Å². The van der Waals surface area contributed by atoms with Crippen molar-refractivity contribution in [2.45, 2.75) is 6.54 Å². The van der Waals surface area contributed by atoms with Crippen LogP contribution in [-0.2, 0) is 6.54 Å². The van der Waals surface area contributed by atoms with Gasteiger partial charge in [0.25, 0.3) is 5.91 Å². The van der Waals surface area contributed by atoms with E-state index in [1.807, 2.05) is 0 Å². The maximum atomic E-state index is 11.8. The predicted molar refractivity (Wildman–Crippen MR) is 70.5 cm³/mol. The smallest absolute Gasteiger partial charge is 0.354 e. The monoisotopic (exact) mass is 272 g/mol. The minimum Gasteiger partial charge on any atom is -0.508 e. The predicted octanol–water partition coefficient (Wildman–Crippen LogP) is 1.42. The van der Waals surface area contributed by atoms with Crippen molar-refractivity contribution in [3.8, 4) is 5.75 Å². The third-order valence-electron chi connectivity index (χ3n) is 2.63. The Kier molecular flexibility index (Phi) is 3.95. The zero-order valence-electron chi connectivity index (χ0n) is 10.4. The largest absolute Gasteiger partial charge is 0.508 e. The van der Waals surface area contributed by atoms with Gasteiger partial charge in [0, 0.05) is 18.3 Å². The van der Waals surface area contributed by atoms with E-state index in [1.54, 1.807) is 6.07 Å². The zero-order valence-corrected chi connectivity index (χ0v) is 10.4. The Balaban J connectivity index is 1.96. The Bertz CT molecular complexity index is 621. The topological polar surface area (TPSA) is 99.5 Å². The van der Waals surface area contributed by atoms with Crippen LogP contribution in [0.5, 0.6) is 5.75 Å². The van der Waals surface area contributed by atoms with Gasteiger partial charge < -0.3 is 15.5 Å². The molecule has 0 atom stereocenters. The average Bonchev–Trinajstić information content (AvgIpc) is 2.46. The molecule has 0 aliphatic carbocycles. The van der Waals surface area contributed by atoms with Crippen LogP contribution < -0.4 is 5.32 Å². The lowest BCUT2D eigenvalue weighted by Crippen LogP contribution is -2.22. The van der Waals surface area contributed by atoms with Gasteiger partial charge in [0.15, 0.2) is 0 Å². The molecule has 2 aromatic rings. The fourth-order valence-corrected chi connectivity index (χ4v) is 1.55. The van der Waals surface area contributed by atoms with Gasteiger partial charge in [0.1, 0.15) is 11.4 Å². The molecule has 0 aliphatic rings. The molecule has 0 spiro atoms. The van der Waals surface area contributed by atoms with Gasteiger partial charge in [-0.1, -0.05) is 6.07 Å². The summed E-state index contributed by atoms with van der Waals surface area (Å²) in [7, 11) is 0. The van der Waals surface area contributed by atoms with Crippen LogP contribution in [0.25, 0.3) is 0 Å². The van der Waals surface area contributed by atoms with Gasteiger partial charge in [0.2, 0.25) is 0 Å². The van der Waals surface area contributed by atoms with Crippen LogP contribution in [-0.4, -0.2) is 27.1 Å². The second-order valence-electron chi connectivity index (χ2n) is 4.09. The fraction of sp³-hybridized carbons (Fsp3) is 0.0714. The number of hydrogen-bond acceptors (Lipinski definition) is 4. The molecule has 6 heteroatoms. The third kappa shape index (κ3) is 3.32. The van der Waals surface area contributed by atoms with Crippen molar-refractivity contribution in [1.82, 2.24) is 10.3 Å². The summed E-state index contributed by atoms with van der Waals surface area (Å²) in [6, 6.07) is 8.85. The van der Waals surface area contributed by atoms with Gasteiger partial charge in [0.05, 0.1) is 0 Å². The Morgan fingerprint density at radius 2 is 1.80 bits per heavy atom. The first-order valence-electron chi connectivity index (χ1n) is 5.82. The lowest BCUT2D eigenvalue weighted by Gasteiger charge is -2.05. The lowest BCUT2D eigenvalue weighted by atomic mass is 10.2. The molecule has 1 aromatic carbocycles. The number of aromatic nitrogens is 1. The molecule has 0 radical (unpaired) electrons. The number of benzene rings is 1. The summed E-state index contributed by atoms with van der Waals surface area (Å²) in [5.41, 5.74) is 1.08. The molecule has 0 fully saturated rings. The molecular formula is C14H12N2O4. The Morgan fingerprint density at radius 3 is 2.35 bits per heavy atom. The number of carboxylic acid groups (broad SMARTS) is 1. The number of pyridine rings is 1. The zero-order chi connectivity index (χ0) is 14.5. The lowest BCUT2D eigenvalue weighted by molar-refractivity contribution is 0.0690. The van der Waals surface area contributed by atoms with Crippen LogP contribution in [0.1, 0.15) is 26.4 Å². The van der Waals surface area contributed by atoms with E-state index >= 15 is 0 Å². The van der Waals surface area contributed by atoms with E-state index in [0.717, 1.165) is 0 Å². The van der Waals surface area contributed by atoms with E-state index in [4.69, 9.17) is 10.2 Å². The molecule has 0 saturated carbocycles. The molecule has 0 unspecified atom stereocenters.